The van der Waals surface area contributed by atoms with Crippen molar-refractivity contribution in [1.29, 1.82) is 0 Å². The zero-order valence-electron chi connectivity index (χ0n) is 13.8. The van der Waals surface area contributed by atoms with Gasteiger partial charge in [0.25, 0.3) is 5.91 Å². The van der Waals surface area contributed by atoms with Crippen molar-refractivity contribution in [3.8, 4) is 11.5 Å². The summed E-state index contributed by atoms with van der Waals surface area (Å²) in [4.78, 5) is 11.9. The fraction of sp³-hybridized carbons (Fsp3) is 0.389. The van der Waals surface area contributed by atoms with Crippen LogP contribution in [0.2, 0.25) is 0 Å². The molecule has 0 aliphatic rings. The molecule has 5 heteroatoms. The summed E-state index contributed by atoms with van der Waals surface area (Å²) in [5.74, 6) is 2.63. The Balaban J connectivity index is 1.85. The normalized spacial score (nSPS) is 10.6. The number of carbonyl (C=O) groups is 1. The van der Waals surface area contributed by atoms with E-state index < -0.39 is 0 Å². The molecule has 1 aromatic carbocycles. The van der Waals surface area contributed by atoms with E-state index in [0.29, 0.717) is 30.6 Å². The number of carbonyl (C=O) groups excluding carboxylic acids is 1. The number of hydrogen-bond donors (Lipinski definition) is 1. The number of furan rings is 1. The van der Waals surface area contributed by atoms with Crippen LogP contribution in [0.5, 0.6) is 11.5 Å². The SMILES string of the molecule is CCOc1ccc(OCc2ccc(C(=O)NCC(C)C)o2)cc1. The molecule has 0 atom stereocenters. The van der Waals surface area contributed by atoms with Gasteiger partial charge in [-0.05, 0) is 49.2 Å². The predicted molar refractivity (Wildman–Crippen MR) is 87.8 cm³/mol. The van der Waals surface area contributed by atoms with Crippen LogP contribution in [0.15, 0.2) is 40.8 Å². The maximum Gasteiger partial charge on any atom is 0.287 e. The molecule has 5 nitrogen and oxygen atoms in total. The third-order valence-corrected chi connectivity index (χ3v) is 3.07. The van der Waals surface area contributed by atoms with Crippen LogP contribution in [-0.2, 0) is 6.61 Å². The first kappa shape index (κ1) is 16.9. The van der Waals surface area contributed by atoms with Crippen LogP contribution >= 0.6 is 0 Å². The summed E-state index contributed by atoms with van der Waals surface area (Å²) < 4.78 is 16.5. The second-order valence-corrected chi connectivity index (χ2v) is 5.56. The Morgan fingerprint density at radius 3 is 2.35 bits per heavy atom. The van der Waals surface area contributed by atoms with E-state index in [0.717, 1.165) is 11.5 Å². The lowest BCUT2D eigenvalue weighted by Crippen LogP contribution is -2.26. The van der Waals surface area contributed by atoms with Gasteiger partial charge in [0.05, 0.1) is 6.61 Å². The van der Waals surface area contributed by atoms with E-state index in [1.165, 1.54) is 0 Å². The lowest BCUT2D eigenvalue weighted by atomic mass is 10.2. The topological polar surface area (TPSA) is 60.7 Å². The van der Waals surface area contributed by atoms with Crippen molar-refractivity contribution in [3.05, 3.63) is 47.9 Å². The Bertz CT molecular complexity index is 616. The molecule has 2 rings (SSSR count). The first-order valence-corrected chi connectivity index (χ1v) is 7.81. The number of benzene rings is 1. The van der Waals surface area contributed by atoms with Gasteiger partial charge in [-0.25, -0.2) is 0 Å². The highest BCUT2D eigenvalue weighted by Crippen LogP contribution is 2.19. The van der Waals surface area contributed by atoms with Gasteiger partial charge in [0, 0.05) is 6.54 Å². The molecule has 0 aliphatic carbocycles. The maximum atomic E-state index is 11.9. The number of hydrogen-bond acceptors (Lipinski definition) is 4. The van der Waals surface area contributed by atoms with E-state index >= 15 is 0 Å². The van der Waals surface area contributed by atoms with Crippen LogP contribution in [0.4, 0.5) is 0 Å². The van der Waals surface area contributed by atoms with Gasteiger partial charge >= 0.3 is 0 Å². The van der Waals surface area contributed by atoms with Gasteiger partial charge in [0.2, 0.25) is 0 Å². The summed E-state index contributed by atoms with van der Waals surface area (Å²) in [6, 6.07) is 10.8. The number of amides is 1. The highest BCUT2D eigenvalue weighted by molar-refractivity contribution is 5.91. The Kier molecular flexibility index (Phi) is 6.09. The summed E-state index contributed by atoms with van der Waals surface area (Å²) >= 11 is 0. The third-order valence-electron chi connectivity index (χ3n) is 3.07. The number of ether oxygens (including phenoxy) is 2. The highest BCUT2D eigenvalue weighted by Gasteiger charge is 2.11. The molecule has 0 bridgehead atoms. The molecule has 1 aromatic heterocycles. The quantitative estimate of drug-likeness (QED) is 0.807. The summed E-state index contributed by atoms with van der Waals surface area (Å²) in [7, 11) is 0. The van der Waals surface area contributed by atoms with Crippen molar-refractivity contribution >= 4 is 5.91 Å². The van der Waals surface area contributed by atoms with Crippen molar-refractivity contribution in [2.24, 2.45) is 5.92 Å². The van der Waals surface area contributed by atoms with Crippen molar-refractivity contribution in [2.75, 3.05) is 13.2 Å². The summed E-state index contributed by atoms with van der Waals surface area (Å²) in [6.45, 7) is 7.55. The maximum absolute atomic E-state index is 11.9. The van der Waals surface area contributed by atoms with E-state index in [4.69, 9.17) is 13.9 Å². The molecule has 0 spiro atoms. The molecule has 0 aliphatic heterocycles. The zero-order chi connectivity index (χ0) is 16.7. The summed E-state index contributed by atoms with van der Waals surface area (Å²) in [5, 5.41) is 2.82. The molecular weight excluding hydrogens is 294 g/mol. The second kappa shape index (κ2) is 8.27. The van der Waals surface area contributed by atoms with E-state index in [-0.39, 0.29) is 12.5 Å². The minimum absolute atomic E-state index is 0.203. The molecule has 124 valence electrons. The van der Waals surface area contributed by atoms with Crippen LogP contribution in [0.25, 0.3) is 0 Å². The van der Waals surface area contributed by atoms with Crippen LogP contribution in [0.1, 0.15) is 37.1 Å². The Morgan fingerprint density at radius 1 is 1.09 bits per heavy atom. The van der Waals surface area contributed by atoms with Gasteiger partial charge in [-0.3, -0.25) is 4.79 Å². The molecule has 23 heavy (non-hydrogen) atoms. The van der Waals surface area contributed by atoms with E-state index in [1.807, 2.05) is 45.0 Å². The molecule has 0 saturated heterocycles. The molecule has 0 radical (unpaired) electrons. The van der Waals surface area contributed by atoms with Gasteiger partial charge in [-0.15, -0.1) is 0 Å². The van der Waals surface area contributed by atoms with Crippen LogP contribution < -0.4 is 14.8 Å². The van der Waals surface area contributed by atoms with Crippen molar-refractivity contribution in [1.82, 2.24) is 5.32 Å². The van der Waals surface area contributed by atoms with Crippen LogP contribution in [0, 0.1) is 5.92 Å². The summed E-state index contributed by atoms with van der Waals surface area (Å²) in [6.07, 6.45) is 0. The van der Waals surface area contributed by atoms with Crippen molar-refractivity contribution < 1.29 is 18.7 Å². The monoisotopic (exact) mass is 317 g/mol. The molecule has 0 saturated carbocycles. The second-order valence-electron chi connectivity index (χ2n) is 5.56. The molecule has 2 aromatic rings. The molecule has 1 N–H and O–H groups in total. The van der Waals surface area contributed by atoms with Crippen LogP contribution in [0.3, 0.4) is 0 Å². The Hall–Kier alpha value is -2.43. The third kappa shape index (κ3) is 5.36. The lowest BCUT2D eigenvalue weighted by molar-refractivity contribution is 0.0917. The van der Waals surface area contributed by atoms with Gasteiger partial charge < -0.3 is 19.2 Å². The van der Waals surface area contributed by atoms with Crippen molar-refractivity contribution in [2.45, 2.75) is 27.4 Å². The average Bonchev–Trinajstić information content (AvgIpc) is 3.01. The first-order chi connectivity index (χ1) is 11.1. The van der Waals surface area contributed by atoms with Gasteiger partial charge in [-0.1, -0.05) is 13.8 Å². The van der Waals surface area contributed by atoms with E-state index in [1.54, 1.807) is 12.1 Å². The fourth-order valence-corrected chi connectivity index (χ4v) is 1.91. The number of nitrogens with one attached hydrogen (secondary N) is 1. The standard InChI is InChI=1S/C18H23NO4/c1-4-21-14-5-7-15(8-6-14)22-12-16-9-10-17(23-16)18(20)19-11-13(2)3/h5-10,13H,4,11-12H2,1-3H3,(H,19,20). The van der Waals surface area contributed by atoms with Gasteiger partial charge in [0.1, 0.15) is 23.9 Å². The van der Waals surface area contributed by atoms with E-state index in [2.05, 4.69) is 5.32 Å². The number of rotatable bonds is 8. The first-order valence-electron chi connectivity index (χ1n) is 7.81. The Morgan fingerprint density at radius 2 is 1.74 bits per heavy atom. The largest absolute Gasteiger partial charge is 0.494 e. The minimum atomic E-state index is -0.203. The zero-order valence-corrected chi connectivity index (χ0v) is 13.8. The lowest BCUT2D eigenvalue weighted by Gasteiger charge is -2.07. The van der Waals surface area contributed by atoms with E-state index in [9.17, 15) is 4.79 Å². The van der Waals surface area contributed by atoms with Gasteiger partial charge in [-0.2, -0.15) is 0 Å². The summed E-state index contributed by atoms with van der Waals surface area (Å²) in [5.41, 5.74) is 0. The Labute approximate surface area is 136 Å². The van der Waals surface area contributed by atoms with Crippen molar-refractivity contribution in [3.63, 3.8) is 0 Å². The predicted octanol–water partition coefficient (Wildman–Crippen LogP) is 3.64. The molecular formula is C18H23NO4. The van der Waals surface area contributed by atoms with Gasteiger partial charge in [0.15, 0.2) is 5.76 Å². The fourth-order valence-electron chi connectivity index (χ4n) is 1.91. The smallest absolute Gasteiger partial charge is 0.287 e. The molecule has 1 amide bonds. The molecule has 0 fully saturated rings. The average molecular weight is 317 g/mol. The van der Waals surface area contributed by atoms with Crippen LogP contribution in [-0.4, -0.2) is 19.1 Å². The minimum Gasteiger partial charge on any atom is -0.494 e. The molecule has 0 unspecified atom stereocenters. The molecule has 1 heterocycles. The highest BCUT2D eigenvalue weighted by atomic mass is 16.5.